The molecule has 17 nitrogen and oxygen atoms in total. The van der Waals surface area contributed by atoms with Gasteiger partial charge >= 0.3 is 11.9 Å². The summed E-state index contributed by atoms with van der Waals surface area (Å²) in [7, 11) is 6.23. The number of rotatable bonds is 13. The van der Waals surface area contributed by atoms with Gasteiger partial charge in [-0.25, -0.2) is 9.59 Å². The smallest absolute Gasteiger partial charge is 0.338 e. The number of halogens is 1. The van der Waals surface area contributed by atoms with Crippen molar-refractivity contribution in [2.45, 2.75) is 196 Å². The summed E-state index contributed by atoms with van der Waals surface area (Å²) in [6, 6.07) is 6.96. The molecule has 4 N–H and O–H groups in total. The Morgan fingerprint density at radius 3 is 2.02 bits per heavy atom. The van der Waals surface area contributed by atoms with Gasteiger partial charge < -0.3 is 72.5 Å². The van der Waals surface area contributed by atoms with E-state index in [1.165, 1.54) is 14.2 Å². The van der Waals surface area contributed by atoms with Crippen LogP contribution in [-0.2, 0) is 56.9 Å². The number of methoxy groups -OCH3 is 4. The van der Waals surface area contributed by atoms with Gasteiger partial charge in [0, 0.05) is 75.3 Å². The molecule has 1 aromatic carbocycles. The largest absolute Gasteiger partial charge is 0.479 e. The van der Waals surface area contributed by atoms with Gasteiger partial charge in [-0.3, -0.25) is 0 Å². The van der Waals surface area contributed by atoms with Crippen LogP contribution in [0.4, 0.5) is 0 Å². The Labute approximate surface area is 396 Å². The molecule has 18 heteroatoms. The number of hydrogen-bond acceptors (Lipinski definition) is 16. The molecule has 66 heavy (non-hydrogen) atoms. The summed E-state index contributed by atoms with van der Waals surface area (Å²) < 4.78 is 72.0. The molecule has 6 saturated heterocycles. The third-order valence-electron chi connectivity index (χ3n) is 16.7. The van der Waals surface area contributed by atoms with Crippen LogP contribution in [0.25, 0.3) is 0 Å². The monoisotopic (exact) mass is 1000 g/mol. The molecule has 0 aliphatic carbocycles. The van der Waals surface area contributed by atoms with Crippen LogP contribution in [0.15, 0.2) is 28.7 Å². The van der Waals surface area contributed by atoms with Crippen molar-refractivity contribution >= 4 is 27.9 Å². The second-order valence-corrected chi connectivity index (χ2v) is 21.3. The predicted molar refractivity (Wildman–Crippen MR) is 238 cm³/mol. The van der Waals surface area contributed by atoms with E-state index in [4.69, 9.17) is 52.1 Å². The highest BCUT2D eigenvalue weighted by molar-refractivity contribution is 9.10. The lowest BCUT2D eigenvalue weighted by Gasteiger charge is -2.56. The molecule has 0 unspecified atom stereocenters. The maximum absolute atomic E-state index is 13.3. The first-order valence-electron chi connectivity index (χ1n) is 23.5. The van der Waals surface area contributed by atoms with Crippen molar-refractivity contribution < 1.29 is 82.1 Å². The third-order valence-corrected chi connectivity index (χ3v) is 17.2. The lowest BCUT2D eigenvalue weighted by molar-refractivity contribution is -0.389. The van der Waals surface area contributed by atoms with Gasteiger partial charge in [0.05, 0.1) is 66.6 Å². The number of aliphatic hydroxyl groups is 3. The normalized spacial score (nSPS) is 49.0. The first-order chi connectivity index (χ1) is 31.0. The summed E-state index contributed by atoms with van der Waals surface area (Å²) in [5.74, 6) is -9.89. The summed E-state index contributed by atoms with van der Waals surface area (Å²) >= 11 is 3.41. The maximum Gasteiger partial charge on any atom is 0.338 e. The number of carboxylic acids is 1. The minimum absolute atomic E-state index is 0.0958. The van der Waals surface area contributed by atoms with E-state index in [-0.39, 0.29) is 48.6 Å². The van der Waals surface area contributed by atoms with Gasteiger partial charge in [-0.1, -0.05) is 50.5 Å². The van der Waals surface area contributed by atoms with Crippen molar-refractivity contribution in [3.8, 4) is 0 Å². The number of carbonyl (C=O) groups is 2. The van der Waals surface area contributed by atoms with Crippen LogP contribution in [-0.4, -0.2) is 163 Å². The van der Waals surface area contributed by atoms with E-state index in [0.717, 1.165) is 4.47 Å². The zero-order chi connectivity index (χ0) is 48.5. The van der Waals surface area contributed by atoms with Crippen LogP contribution < -0.4 is 0 Å². The van der Waals surface area contributed by atoms with Gasteiger partial charge in [-0.2, -0.15) is 0 Å². The SMILES string of the molecule is CO[C@@H]1[C@@H](C)[C@@]2(O[C@H](C[C@@H]3O[C@](O)([C@@H](O)C(=O)O)[C@@H](C)[C@H](OC)[C@@]3(C)OC)C[C@@H](OC)[C@H]2C)O[C@]1(C)[C@H]1CC[C@@H]([C@H]2CC[C@H]([C@H]3O[C@](C)(O)[C@H](C)[C@@H](OC(=O)c4ccc(Br)cc4)[C@@H]3C)O2)O1. The van der Waals surface area contributed by atoms with Gasteiger partial charge in [-0.05, 0) is 70.7 Å². The molecule has 1 spiro atoms. The summed E-state index contributed by atoms with van der Waals surface area (Å²) in [5.41, 5.74) is -1.78. The average molecular weight is 1000 g/mol. The lowest BCUT2D eigenvalue weighted by Crippen LogP contribution is -2.72. The molecule has 0 radical (unpaired) electrons. The fourth-order valence-electron chi connectivity index (χ4n) is 12.6. The van der Waals surface area contributed by atoms with Crippen LogP contribution >= 0.6 is 15.9 Å². The topological polar surface area (TPSA) is 217 Å². The Morgan fingerprint density at radius 1 is 0.788 bits per heavy atom. The molecule has 22 atom stereocenters. The van der Waals surface area contributed by atoms with E-state index in [1.54, 1.807) is 59.3 Å². The molecule has 0 aromatic heterocycles. The fraction of sp³-hybridized carbons (Fsp3) is 0.833. The quantitative estimate of drug-likeness (QED) is 0.191. The first-order valence-corrected chi connectivity index (χ1v) is 24.3. The summed E-state index contributed by atoms with van der Waals surface area (Å²) in [5, 5.41) is 43.8. The van der Waals surface area contributed by atoms with Gasteiger partial charge in [-0.15, -0.1) is 0 Å². The number of benzene rings is 1. The van der Waals surface area contributed by atoms with E-state index in [9.17, 15) is 30.0 Å². The van der Waals surface area contributed by atoms with E-state index < -0.39 is 101 Å². The number of aliphatic carboxylic acids is 1. The highest BCUT2D eigenvalue weighted by Crippen LogP contribution is 2.57. The summed E-state index contributed by atoms with van der Waals surface area (Å²) in [6.07, 6.45) is -4.96. The first kappa shape index (κ1) is 52.0. The maximum atomic E-state index is 13.3. The highest BCUT2D eigenvalue weighted by atomic mass is 79.9. The number of aliphatic hydroxyl groups excluding tert-OH is 1. The minimum Gasteiger partial charge on any atom is -0.479 e. The summed E-state index contributed by atoms with van der Waals surface area (Å²) in [4.78, 5) is 25.3. The molecular weight excluding hydrogens is 928 g/mol. The van der Waals surface area contributed by atoms with Crippen molar-refractivity contribution in [2.75, 3.05) is 28.4 Å². The lowest BCUT2D eigenvalue weighted by atomic mass is 9.73. The molecule has 6 aliphatic heterocycles. The number of hydrogen-bond donors (Lipinski definition) is 4. The fourth-order valence-corrected chi connectivity index (χ4v) is 12.8. The van der Waals surface area contributed by atoms with E-state index in [1.807, 2.05) is 34.6 Å². The standard InChI is InChI=1S/C48H73BrO17/c1-23-37(62-43(53)28-13-15-29(49)16-14-28)25(3)46(8,54)65-38(23)33-18-17-31(60-33)32-19-20-35(61-32)45(7)41(58-11)27(5)48(66-45)24(2)34(56-9)21-30(63-48)22-36-44(6,59-12)40(57-10)26(4)47(55,64-36)39(50)42(51)52/h13-16,23-27,30-41,50,54-55H,17-22H2,1-12H3,(H,51,52)/t23-,24+,25+,26-,27+,30-,31+,32-,33+,34+,35+,36-,37-,38-,39-,40-,41+,44-,45+,46-,47-,48-/m0/s1. The van der Waals surface area contributed by atoms with Gasteiger partial charge in [0.15, 0.2) is 11.6 Å². The van der Waals surface area contributed by atoms with Crippen LogP contribution in [0, 0.1) is 29.6 Å². The summed E-state index contributed by atoms with van der Waals surface area (Å²) in [6.45, 7) is 14.8. The molecule has 0 bridgehead atoms. The predicted octanol–water partition coefficient (Wildman–Crippen LogP) is 5.00. The number of ether oxygens (including phenoxy) is 11. The molecule has 0 amide bonds. The molecule has 0 saturated carbocycles. The Balaban J connectivity index is 1.06. The van der Waals surface area contributed by atoms with Crippen molar-refractivity contribution in [1.82, 2.24) is 0 Å². The van der Waals surface area contributed by atoms with Crippen molar-refractivity contribution in [3.63, 3.8) is 0 Å². The molecule has 7 rings (SSSR count). The second kappa shape index (κ2) is 19.4. The van der Waals surface area contributed by atoms with Gasteiger partial charge in [0.25, 0.3) is 0 Å². The van der Waals surface area contributed by atoms with Crippen molar-refractivity contribution in [2.24, 2.45) is 29.6 Å². The Bertz CT molecular complexity index is 1870. The van der Waals surface area contributed by atoms with Crippen molar-refractivity contribution in [1.29, 1.82) is 0 Å². The second-order valence-electron chi connectivity index (χ2n) is 20.4. The highest BCUT2D eigenvalue weighted by Gasteiger charge is 2.70. The van der Waals surface area contributed by atoms with Crippen LogP contribution in [0.1, 0.15) is 104 Å². The van der Waals surface area contributed by atoms with Crippen LogP contribution in [0.5, 0.6) is 0 Å². The number of carbonyl (C=O) groups excluding carboxylic acids is 1. The van der Waals surface area contributed by atoms with Gasteiger partial charge in [0.2, 0.25) is 11.9 Å². The average Bonchev–Trinajstić information content (AvgIpc) is 4.02. The van der Waals surface area contributed by atoms with E-state index in [0.29, 0.717) is 37.7 Å². The van der Waals surface area contributed by atoms with Crippen molar-refractivity contribution in [3.05, 3.63) is 34.3 Å². The number of esters is 1. The number of carboxylic acid groups (broad SMARTS) is 1. The zero-order valence-electron chi connectivity index (χ0n) is 40.3. The molecule has 1 aromatic rings. The Morgan fingerprint density at radius 2 is 1.41 bits per heavy atom. The Kier molecular flexibility index (Phi) is 15.3. The van der Waals surface area contributed by atoms with E-state index in [2.05, 4.69) is 15.9 Å². The van der Waals surface area contributed by atoms with Gasteiger partial charge in [0.1, 0.15) is 17.3 Å². The molecule has 6 aliphatic rings. The molecular formula is C48H73BrO17. The van der Waals surface area contributed by atoms with Crippen LogP contribution in [0.2, 0.25) is 0 Å². The molecule has 6 fully saturated rings. The zero-order valence-corrected chi connectivity index (χ0v) is 41.9. The Hall–Kier alpha value is -1.88. The molecule has 374 valence electrons. The minimum atomic E-state index is -2.51. The van der Waals surface area contributed by atoms with Crippen LogP contribution in [0.3, 0.4) is 0 Å². The van der Waals surface area contributed by atoms with E-state index >= 15 is 0 Å². The molecule has 6 heterocycles. The third kappa shape index (κ3) is 8.83.